The molecule has 0 aliphatic carbocycles. The second-order valence-corrected chi connectivity index (χ2v) is 11.0. The molecule has 1 unspecified atom stereocenters. The maximum atomic E-state index is 14.1. The van der Waals surface area contributed by atoms with Gasteiger partial charge in [-0.2, -0.15) is 6.07 Å². The summed E-state index contributed by atoms with van der Waals surface area (Å²) in [5.41, 5.74) is 5.07. The first-order chi connectivity index (χ1) is 19.4. The van der Waals surface area contributed by atoms with Gasteiger partial charge in [0.15, 0.2) is 0 Å². The summed E-state index contributed by atoms with van der Waals surface area (Å²) in [5, 5.41) is 0.359. The molecule has 6 nitrogen and oxygen atoms in total. The minimum Gasteiger partial charge on any atom is -0.473 e. The van der Waals surface area contributed by atoms with Crippen molar-refractivity contribution in [2.45, 2.75) is 44.8 Å². The number of anilines is 1. The summed E-state index contributed by atoms with van der Waals surface area (Å²) in [6, 6.07) is 16.2. The Morgan fingerprint density at radius 3 is 2.71 bits per heavy atom. The summed E-state index contributed by atoms with van der Waals surface area (Å²) in [5.74, 6) is 0.422. The number of benzene rings is 2. The van der Waals surface area contributed by atoms with E-state index in [4.69, 9.17) is 26.1 Å². The smallest absolute Gasteiger partial charge is 0.213 e. The molecule has 2 aliphatic heterocycles. The zero-order valence-electron chi connectivity index (χ0n) is 23.2. The van der Waals surface area contributed by atoms with Gasteiger partial charge in [0, 0.05) is 78.2 Å². The van der Waals surface area contributed by atoms with Gasteiger partial charge in [-0.15, -0.1) is 17.7 Å². The van der Waals surface area contributed by atoms with Gasteiger partial charge in [-0.25, -0.2) is 9.37 Å². The molecular formula is C32H34ClFN3O3U-. The first-order valence-electron chi connectivity index (χ1n) is 13.7. The number of ether oxygens (including phenoxy) is 2. The van der Waals surface area contributed by atoms with Gasteiger partial charge in [-0.1, -0.05) is 35.9 Å². The third-order valence-electron chi connectivity index (χ3n) is 7.75. The third-order valence-corrected chi connectivity index (χ3v) is 7.98. The van der Waals surface area contributed by atoms with E-state index < -0.39 is 0 Å². The van der Waals surface area contributed by atoms with Crippen molar-refractivity contribution < 1.29 is 49.8 Å². The van der Waals surface area contributed by atoms with Crippen LogP contribution < -0.4 is 9.64 Å². The van der Waals surface area contributed by atoms with Crippen LogP contribution in [0.15, 0.2) is 66.9 Å². The number of aromatic nitrogens is 1. The first-order valence-corrected chi connectivity index (χ1v) is 14.1. The van der Waals surface area contributed by atoms with E-state index in [1.807, 2.05) is 30.6 Å². The van der Waals surface area contributed by atoms with Crippen LogP contribution in [-0.2, 0) is 16.1 Å². The van der Waals surface area contributed by atoms with Gasteiger partial charge in [-0.05, 0) is 63.2 Å². The number of likely N-dealkylation sites (tertiary alicyclic amines) is 1. The molecule has 2 fully saturated rings. The van der Waals surface area contributed by atoms with E-state index in [1.165, 1.54) is 6.07 Å². The molecule has 41 heavy (non-hydrogen) atoms. The van der Waals surface area contributed by atoms with Crippen molar-refractivity contribution in [3.63, 3.8) is 0 Å². The number of hydrogen-bond donors (Lipinski definition) is 0. The van der Waals surface area contributed by atoms with Crippen molar-refractivity contribution in [1.29, 1.82) is 0 Å². The van der Waals surface area contributed by atoms with Gasteiger partial charge in [0.1, 0.15) is 12.4 Å². The number of piperidine rings is 1. The van der Waals surface area contributed by atoms with E-state index in [0.717, 1.165) is 68.1 Å². The molecule has 9 heteroatoms. The maximum Gasteiger partial charge on any atom is 0.213 e. The van der Waals surface area contributed by atoms with Crippen molar-refractivity contribution in [2.75, 3.05) is 37.7 Å². The Bertz CT molecular complexity index is 1360. The maximum absolute atomic E-state index is 14.1. The van der Waals surface area contributed by atoms with Crippen molar-refractivity contribution in [1.82, 2.24) is 9.88 Å². The van der Waals surface area contributed by atoms with Gasteiger partial charge in [0.05, 0.1) is 18.9 Å². The fourth-order valence-electron chi connectivity index (χ4n) is 5.53. The molecule has 5 rings (SSSR count). The van der Waals surface area contributed by atoms with Gasteiger partial charge in [-0.3, -0.25) is 4.90 Å². The molecule has 2 saturated heterocycles. The summed E-state index contributed by atoms with van der Waals surface area (Å²) in [6.45, 7) is 10.6. The monoisotopic (exact) mass is 800 g/mol. The SMILES string of the molecule is C=C(CN1CCC(c2cccc(OCc3ccc(Cl)cc3F)n2)CC1)N(c1cc([C-]=O)ccc1C)C1CCOC1.[U]. The average Bonchev–Trinajstić information content (AvgIpc) is 3.49. The fourth-order valence-corrected chi connectivity index (χ4v) is 5.69. The minimum atomic E-state index is -0.387. The van der Waals surface area contributed by atoms with Crippen LogP contribution in [-0.4, -0.2) is 55.1 Å². The molecule has 3 aromatic rings. The Kier molecular flexibility index (Phi) is 11.5. The summed E-state index contributed by atoms with van der Waals surface area (Å²) < 4.78 is 25.6. The van der Waals surface area contributed by atoms with Gasteiger partial charge < -0.3 is 19.2 Å². The molecular weight excluding hydrogens is 767 g/mol. The van der Waals surface area contributed by atoms with Crippen LogP contribution in [0, 0.1) is 43.9 Å². The van der Waals surface area contributed by atoms with Crippen LogP contribution >= 0.6 is 11.6 Å². The van der Waals surface area contributed by atoms with Crippen LogP contribution in [0.3, 0.4) is 0 Å². The number of aryl methyl sites for hydroxylation is 1. The summed E-state index contributed by atoms with van der Waals surface area (Å²) in [7, 11) is 0. The molecule has 0 spiro atoms. The average molecular weight is 801 g/mol. The number of hydrogen-bond acceptors (Lipinski definition) is 6. The van der Waals surface area contributed by atoms with Gasteiger partial charge >= 0.3 is 0 Å². The molecule has 0 bridgehead atoms. The second kappa shape index (κ2) is 14.8. The minimum absolute atomic E-state index is 0. The quantitative estimate of drug-likeness (QED) is 0.228. The second-order valence-electron chi connectivity index (χ2n) is 10.5. The van der Waals surface area contributed by atoms with Crippen molar-refractivity contribution >= 4 is 23.6 Å². The number of carbonyl (C=O) groups excluding carboxylic acids is 1. The third kappa shape index (κ3) is 8.00. The Morgan fingerprint density at radius 1 is 1.20 bits per heavy atom. The molecule has 0 saturated carbocycles. The molecule has 2 aliphatic rings. The van der Waals surface area contributed by atoms with Gasteiger partial charge in [0.2, 0.25) is 5.88 Å². The molecule has 3 heterocycles. The summed E-state index contributed by atoms with van der Waals surface area (Å²) >= 11 is 5.85. The van der Waals surface area contributed by atoms with E-state index >= 15 is 0 Å². The van der Waals surface area contributed by atoms with E-state index in [1.54, 1.807) is 24.3 Å². The zero-order chi connectivity index (χ0) is 28.1. The van der Waals surface area contributed by atoms with Crippen LogP contribution in [0.2, 0.25) is 5.02 Å². The largest absolute Gasteiger partial charge is 0.473 e. The van der Waals surface area contributed by atoms with Crippen molar-refractivity contribution in [3.8, 4) is 5.88 Å². The molecule has 1 aromatic heterocycles. The number of halogens is 2. The molecule has 0 N–H and O–H groups in total. The molecule has 0 radical (unpaired) electrons. The Labute approximate surface area is 270 Å². The predicted molar refractivity (Wildman–Crippen MR) is 155 cm³/mol. The summed E-state index contributed by atoms with van der Waals surface area (Å²) in [6.07, 6.45) is 4.88. The fraction of sp³-hybridized carbons (Fsp3) is 0.375. The van der Waals surface area contributed by atoms with E-state index in [-0.39, 0.29) is 49.6 Å². The molecule has 2 aromatic carbocycles. The van der Waals surface area contributed by atoms with Crippen molar-refractivity contribution in [3.05, 3.63) is 100 Å². The first kappa shape index (κ1) is 31.7. The summed E-state index contributed by atoms with van der Waals surface area (Å²) in [4.78, 5) is 20.8. The van der Waals surface area contributed by atoms with Crippen molar-refractivity contribution in [2.24, 2.45) is 0 Å². The molecule has 214 valence electrons. The molecule has 0 amide bonds. The van der Waals surface area contributed by atoms with E-state index in [9.17, 15) is 9.18 Å². The van der Waals surface area contributed by atoms with E-state index in [0.29, 0.717) is 34.6 Å². The Hall–Kier alpha value is -2.21. The standard InChI is InChI=1S/C32H34ClFN3O3.U/c1-22-6-7-24(19-38)16-31(22)37(28-12-15-39-21-28)23(2)18-36-13-10-25(11-14-36)30-4-3-5-32(35-30)40-20-26-8-9-27(33)17-29(26)34;/h3-9,16-17,25,28H,2,10-15,18,20-21H2,1H3;/q-1;. The zero-order valence-corrected chi connectivity index (χ0v) is 28.2. The normalized spacial score (nSPS) is 17.6. The van der Waals surface area contributed by atoms with E-state index in [2.05, 4.69) is 23.3 Å². The van der Waals surface area contributed by atoms with Crippen LogP contribution in [0.5, 0.6) is 5.88 Å². The topological polar surface area (TPSA) is 54.9 Å². The van der Waals surface area contributed by atoms with Crippen LogP contribution in [0.1, 0.15) is 47.6 Å². The van der Waals surface area contributed by atoms with Gasteiger partial charge in [0.25, 0.3) is 0 Å². The Balaban J connectivity index is 0.00000387. The Morgan fingerprint density at radius 2 is 2.00 bits per heavy atom. The number of nitrogens with zero attached hydrogens (tertiary/aromatic N) is 3. The number of rotatable bonds is 10. The predicted octanol–water partition coefficient (Wildman–Crippen LogP) is 6.21. The van der Waals surface area contributed by atoms with Crippen LogP contribution in [0.25, 0.3) is 0 Å². The molecule has 1 atom stereocenters. The number of pyridine rings is 1. The van der Waals surface area contributed by atoms with Crippen LogP contribution in [0.4, 0.5) is 10.1 Å².